The molecule has 4 aromatic rings. The van der Waals surface area contributed by atoms with Gasteiger partial charge in [-0.05, 0) is 74.0 Å². The molecule has 0 bridgehead atoms. The van der Waals surface area contributed by atoms with E-state index >= 15 is 0 Å². The number of carbonyl (C=O) groups is 2. The molecule has 0 radical (unpaired) electrons. The lowest BCUT2D eigenvalue weighted by Gasteiger charge is -2.35. The summed E-state index contributed by atoms with van der Waals surface area (Å²) in [6, 6.07) is 25.0. The highest BCUT2D eigenvalue weighted by Gasteiger charge is 2.28. The van der Waals surface area contributed by atoms with Crippen molar-refractivity contribution in [1.29, 1.82) is 0 Å². The minimum Gasteiger partial charge on any atom is -0.497 e. The van der Waals surface area contributed by atoms with E-state index in [1.807, 2.05) is 103 Å². The van der Waals surface area contributed by atoms with E-state index in [1.54, 1.807) is 7.11 Å². The maximum absolute atomic E-state index is 13.8. The summed E-state index contributed by atoms with van der Waals surface area (Å²) >= 11 is 6.15. The quantitative estimate of drug-likeness (QED) is 0.319. The zero-order chi connectivity index (χ0) is 26.8. The minimum absolute atomic E-state index is 0.00367. The molecule has 0 N–H and O–H groups in total. The van der Waals surface area contributed by atoms with Crippen LogP contribution in [0.2, 0.25) is 5.02 Å². The highest BCUT2D eigenvalue weighted by molar-refractivity contribution is 6.30. The third-order valence-corrected chi connectivity index (χ3v) is 7.35. The first-order chi connectivity index (χ1) is 18.4. The molecule has 2 heterocycles. The molecule has 1 aliphatic rings. The average Bonchev–Trinajstić information content (AvgIpc) is 3.30. The van der Waals surface area contributed by atoms with Crippen molar-refractivity contribution in [2.45, 2.75) is 13.8 Å². The summed E-state index contributed by atoms with van der Waals surface area (Å²) in [6.07, 6.45) is 0. The number of hydrogen-bond donors (Lipinski definition) is 0. The van der Waals surface area contributed by atoms with Crippen LogP contribution in [0.25, 0.3) is 16.9 Å². The summed E-state index contributed by atoms with van der Waals surface area (Å²) in [6.45, 7) is 5.94. The number of halogens is 1. The van der Waals surface area contributed by atoms with Crippen molar-refractivity contribution >= 4 is 23.4 Å². The first-order valence-corrected chi connectivity index (χ1v) is 13.0. The number of aryl methyl sites for hydroxylation is 1. The second kappa shape index (κ2) is 10.8. The van der Waals surface area contributed by atoms with Gasteiger partial charge >= 0.3 is 0 Å². The Kier molecular flexibility index (Phi) is 7.25. The molecule has 38 heavy (non-hydrogen) atoms. The van der Waals surface area contributed by atoms with Crippen molar-refractivity contribution < 1.29 is 14.3 Å². The van der Waals surface area contributed by atoms with Gasteiger partial charge in [-0.3, -0.25) is 9.59 Å². The molecule has 194 valence electrons. The van der Waals surface area contributed by atoms with Gasteiger partial charge in [-0.1, -0.05) is 41.4 Å². The Labute approximate surface area is 228 Å². The third kappa shape index (κ3) is 5.04. The van der Waals surface area contributed by atoms with Crippen molar-refractivity contribution in [1.82, 2.24) is 14.4 Å². The van der Waals surface area contributed by atoms with Gasteiger partial charge in [0, 0.05) is 48.1 Å². The van der Waals surface area contributed by atoms with E-state index in [0.29, 0.717) is 42.3 Å². The number of benzene rings is 3. The summed E-state index contributed by atoms with van der Waals surface area (Å²) in [5.74, 6) is 0.734. The molecular formula is C31H30ClN3O3. The molecular weight excluding hydrogens is 498 g/mol. The summed E-state index contributed by atoms with van der Waals surface area (Å²) in [4.78, 5) is 30.4. The molecule has 1 saturated heterocycles. The fraction of sp³-hybridized carbons (Fsp3) is 0.226. The normalized spacial score (nSPS) is 13.5. The number of hydrogen-bond acceptors (Lipinski definition) is 3. The molecule has 7 heteroatoms. The molecule has 0 atom stereocenters. The Morgan fingerprint density at radius 2 is 1.34 bits per heavy atom. The highest BCUT2D eigenvalue weighted by Crippen LogP contribution is 2.32. The lowest BCUT2D eigenvalue weighted by Crippen LogP contribution is -2.50. The van der Waals surface area contributed by atoms with Crippen LogP contribution in [0.3, 0.4) is 0 Å². The predicted molar refractivity (Wildman–Crippen MR) is 150 cm³/mol. The van der Waals surface area contributed by atoms with Gasteiger partial charge in [0.1, 0.15) is 5.75 Å². The van der Waals surface area contributed by atoms with E-state index in [-0.39, 0.29) is 11.8 Å². The number of amides is 2. The Balaban J connectivity index is 1.41. The van der Waals surface area contributed by atoms with Crippen molar-refractivity contribution in [3.63, 3.8) is 0 Å². The van der Waals surface area contributed by atoms with Gasteiger partial charge in [0.2, 0.25) is 0 Å². The largest absolute Gasteiger partial charge is 0.497 e. The maximum atomic E-state index is 13.8. The van der Waals surface area contributed by atoms with Crippen LogP contribution in [0.4, 0.5) is 0 Å². The van der Waals surface area contributed by atoms with Gasteiger partial charge in [0.05, 0.1) is 18.4 Å². The predicted octanol–water partition coefficient (Wildman–Crippen LogP) is 6.02. The molecule has 6 nitrogen and oxygen atoms in total. The van der Waals surface area contributed by atoms with Crippen LogP contribution in [0.5, 0.6) is 5.75 Å². The van der Waals surface area contributed by atoms with E-state index in [9.17, 15) is 9.59 Å². The number of rotatable bonds is 5. The Bertz CT molecular complexity index is 1450. The van der Waals surface area contributed by atoms with Crippen LogP contribution < -0.4 is 4.74 Å². The van der Waals surface area contributed by atoms with Crippen LogP contribution in [0.15, 0.2) is 78.9 Å². The first kappa shape index (κ1) is 25.6. The van der Waals surface area contributed by atoms with Gasteiger partial charge in [-0.15, -0.1) is 0 Å². The second-order valence-electron chi connectivity index (χ2n) is 9.52. The summed E-state index contributed by atoms with van der Waals surface area (Å²) in [7, 11) is 1.64. The van der Waals surface area contributed by atoms with Crippen LogP contribution >= 0.6 is 11.6 Å². The van der Waals surface area contributed by atoms with Gasteiger partial charge in [0.25, 0.3) is 11.8 Å². The molecule has 0 spiro atoms. The second-order valence-corrected chi connectivity index (χ2v) is 9.96. The standard InChI is InChI=1S/C31H30ClN3O3/c1-21-4-6-24(7-5-21)30(36)33-16-18-34(19-17-33)31(37)28-20-29(23-8-10-25(32)11-9-23)35(22(28)2)26-12-14-27(38-3)15-13-26/h4-15,20H,16-19H2,1-3H3. The number of methoxy groups -OCH3 is 1. The smallest absolute Gasteiger partial charge is 0.255 e. The number of nitrogens with zero attached hydrogens (tertiary/aromatic N) is 3. The van der Waals surface area contributed by atoms with Crippen molar-refractivity contribution in [2.24, 2.45) is 0 Å². The van der Waals surface area contributed by atoms with Gasteiger partial charge in [0.15, 0.2) is 0 Å². The fourth-order valence-corrected chi connectivity index (χ4v) is 5.01. The molecule has 0 unspecified atom stereocenters. The SMILES string of the molecule is COc1ccc(-n2c(-c3ccc(Cl)cc3)cc(C(=O)N3CCN(C(=O)c4ccc(C)cc4)CC3)c2C)cc1. The zero-order valence-electron chi connectivity index (χ0n) is 21.8. The molecule has 1 aliphatic heterocycles. The molecule has 1 aromatic heterocycles. The Morgan fingerprint density at radius 3 is 1.92 bits per heavy atom. The van der Waals surface area contributed by atoms with E-state index < -0.39 is 0 Å². The summed E-state index contributed by atoms with van der Waals surface area (Å²) in [5, 5.41) is 0.655. The van der Waals surface area contributed by atoms with Crippen LogP contribution in [-0.2, 0) is 0 Å². The fourth-order valence-electron chi connectivity index (χ4n) is 4.88. The maximum Gasteiger partial charge on any atom is 0.255 e. The van der Waals surface area contributed by atoms with Crippen molar-refractivity contribution in [3.05, 3.63) is 106 Å². The van der Waals surface area contributed by atoms with Crippen LogP contribution in [-0.4, -0.2) is 59.5 Å². The number of carbonyl (C=O) groups excluding carboxylic acids is 2. The monoisotopic (exact) mass is 527 g/mol. The van der Waals surface area contributed by atoms with Crippen molar-refractivity contribution in [3.8, 4) is 22.7 Å². The average molecular weight is 528 g/mol. The summed E-state index contributed by atoms with van der Waals surface area (Å²) < 4.78 is 7.42. The third-order valence-electron chi connectivity index (χ3n) is 7.10. The molecule has 0 saturated carbocycles. The highest BCUT2D eigenvalue weighted by atomic mass is 35.5. The molecule has 3 aromatic carbocycles. The molecule has 2 amide bonds. The minimum atomic E-state index is -0.0348. The topological polar surface area (TPSA) is 54.8 Å². The van der Waals surface area contributed by atoms with Gasteiger partial charge in [-0.2, -0.15) is 0 Å². The van der Waals surface area contributed by atoms with Crippen LogP contribution in [0, 0.1) is 13.8 Å². The number of piperazine rings is 1. The Hall–Kier alpha value is -4.03. The lowest BCUT2D eigenvalue weighted by atomic mass is 10.1. The van der Waals surface area contributed by atoms with Crippen molar-refractivity contribution in [2.75, 3.05) is 33.3 Å². The zero-order valence-corrected chi connectivity index (χ0v) is 22.5. The molecule has 5 rings (SSSR count). The number of aromatic nitrogens is 1. The van der Waals surface area contributed by atoms with Gasteiger partial charge < -0.3 is 19.1 Å². The Morgan fingerprint density at radius 1 is 0.763 bits per heavy atom. The number of ether oxygens (including phenoxy) is 1. The summed E-state index contributed by atoms with van der Waals surface area (Å²) in [5.41, 5.74) is 6.08. The van der Waals surface area contributed by atoms with Gasteiger partial charge in [-0.25, -0.2) is 0 Å². The molecule has 1 fully saturated rings. The first-order valence-electron chi connectivity index (χ1n) is 12.6. The van der Waals surface area contributed by atoms with E-state index in [4.69, 9.17) is 16.3 Å². The lowest BCUT2D eigenvalue weighted by molar-refractivity contribution is 0.0535. The van der Waals surface area contributed by atoms with Crippen LogP contribution in [0.1, 0.15) is 32.0 Å². The van der Waals surface area contributed by atoms with E-state index in [0.717, 1.165) is 34.0 Å². The van der Waals surface area contributed by atoms with E-state index in [2.05, 4.69) is 4.57 Å². The van der Waals surface area contributed by atoms with E-state index in [1.165, 1.54) is 0 Å². The molecule has 0 aliphatic carbocycles.